The molecule has 0 fully saturated rings. The Kier molecular flexibility index (Phi) is 6.02. The Morgan fingerprint density at radius 2 is 2.11 bits per heavy atom. The molecule has 1 aromatic carbocycles. The molecule has 0 saturated carbocycles. The zero-order valence-corrected chi connectivity index (χ0v) is 12.7. The molecule has 1 rings (SSSR count). The molecular weight excluding hydrogens is 310 g/mol. The molecule has 0 aliphatic rings. The Balaban J connectivity index is 2.54. The van der Waals surface area contributed by atoms with Crippen molar-refractivity contribution in [1.29, 1.82) is 0 Å². The highest BCUT2D eigenvalue weighted by Gasteiger charge is 2.12. The number of carboxylic acid groups (broad SMARTS) is 1. The van der Waals surface area contributed by atoms with Crippen LogP contribution in [-0.2, 0) is 4.79 Å². The van der Waals surface area contributed by atoms with E-state index in [9.17, 15) is 9.59 Å². The summed E-state index contributed by atoms with van der Waals surface area (Å²) in [5.41, 5.74) is 1.55. The summed E-state index contributed by atoms with van der Waals surface area (Å²) in [4.78, 5) is 22.5. The van der Waals surface area contributed by atoms with Crippen LogP contribution in [0.4, 0.5) is 0 Å². The normalized spacial score (nSPS) is 11.9. The van der Waals surface area contributed by atoms with Gasteiger partial charge in [-0.2, -0.15) is 0 Å². The van der Waals surface area contributed by atoms with Crippen molar-refractivity contribution in [3.05, 3.63) is 33.8 Å². The van der Waals surface area contributed by atoms with Crippen molar-refractivity contribution in [3.63, 3.8) is 0 Å². The largest absolute Gasteiger partial charge is 0.481 e. The molecule has 0 aromatic heterocycles. The number of hydrogen-bond donors (Lipinski definition) is 2. The molecule has 1 aromatic rings. The van der Waals surface area contributed by atoms with E-state index in [1.54, 1.807) is 6.07 Å². The first-order valence-corrected chi connectivity index (χ1v) is 6.98. The van der Waals surface area contributed by atoms with Gasteiger partial charge < -0.3 is 10.4 Å². The summed E-state index contributed by atoms with van der Waals surface area (Å²) < 4.78 is 0.863. The second-order valence-corrected chi connectivity index (χ2v) is 5.54. The minimum atomic E-state index is -0.804. The van der Waals surface area contributed by atoms with E-state index < -0.39 is 5.97 Å². The molecule has 1 amide bonds. The van der Waals surface area contributed by atoms with Gasteiger partial charge in [-0.15, -0.1) is 0 Å². The van der Waals surface area contributed by atoms with Gasteiger partial charge in [0.25, 0.3) is 5.91 Å². The van der Waals surface area contributed by atoms with Gasteiger partial charge in [-0.1, -0.05) is 22.0 Å². The van der Waals surface area contributed by atoms with Crippen LogP contribution in [0.5, 0.6) is 0 Å². The molecule has 0 bridgehead atoms. The molecular formula is C14H18BrNO3. The third kappa shape index (κ3) is 5.42. The van der Waals surface area contributed by atoms with E-state index in [2.05, 4.69) is 21.2 Å². The Bertz CT molecular complexity index is 474. The van der Waals surface area contributed by atoms with Gasteiger partial charge in [0, 0.05) is 22.5 Å². The number of carbonyl (C=O) groups excluding carboxylic acids is 1. The van der Waals surface area contributed by atoms with Crippen LogP contribution in [0.2, 0.25) is 0 Å². The minimum absolute atomic E-state index is 0.0368. The van der Waals surface area contributed by atoms with Crippen LogP contribution in [0, 0.1) is 6.92 Å². The third-order valence-corrected chi connectivity index (χ3v) is 3.34. The van der Waals surface area contributed by atoms with Gasteiger partial charge in [0.05, 0.1) is 0 Å². The first-order valence-electron chi connectivity index (χ1n) is 6.19. The number of aliphatic carboxylic acids is 1. The van der Waals surface area contributed by atoms with Gasteiger partial charge in [-0.05, 0) is 44.4 Å². The van der Waals surface area contributed by atoms with Crippen molar-refractivity contribution in [2.45, 2.75) is 39.2 Å². The molecule has 0 saturated heterocycles. The first-order chi connectivity index (χ1) is 8.90. The van der Waals surface area contributed by atoms with Crippen LogP contribution in [-0.4, -0.2) is 23.0 Å². The molecule has 0 heterocycles. The van der Waals surface area contributed by atoms with Gasteiger partial charge in [0.15, 0.2) is 0 Å². The molecule has 2 N–H and O–H groups in total. The SMILES string of the molecule is Cc1ccc(Br)cc1C(=O)NC(C)CCCC(=O)O. The van der Waals surface area contributed by atoms with Gasteiger partial charge in [-0.3, -0.25) is 9.59 Å². The maximum absolute atomic E-state index is 12.1. The number of carboxylic acids is 1. The molecule has 1 unspecified atom stereocenters. The molecule has 0 aliphatic heterocycles. The fraction of sp³-hybridized carbons (Fsp3) is 0.429. The zero-order valence-electron chi connectivity index (χ0n) is 11.1. The summed E-state index contributed by atoms with van der Waals surface area (Å²) in [7, 11) is 0. The first kappa shape index (κ1) is 15.7. The lowest BCUT2D eigenvalue weighted by Crippen LogP contribution is -2.33. The number of carbonyl (C=O) groups is 2. The van der Waals surface area contributed by atoms with Gasteiger partial charge in [0.1, 0.15) is 0 Å². The lowest BCUT2D eigenvalue weighted by molar-refractivity contribution is -0.137. The van der Waals surface area contributed by atoms with Crippen molar-refractivity contribution < 1.29 is 14.7 Å². The van der Waals surface area contributed by atoms with Gasteiger partial charge >= 0.3 is 5.97 Å². The van der Waals surface area contributed by atoms with Crippen LogP contribution in [0.15, 0.2) is 22.7 Å². The summed E-state index contributed by atoms with van der Waals surface area (Å²) in [5.74, 6) is -0.928. The minimum Gasteiger partial charge on any atom is -0.481 e. The number of amides is 1. The molecule has 104 valence electrons. The zero-order chi connectivity index (χ0) is 14.4. The highest BCUT2D eigenvalue weighted by molar-refractivity contribution is 9.10. The van der Waals surface area contributed by atoms with Gasteiger partial charge in [0.2, 0.25) is 0 Å². The Labute approximate surface area is 121 Å². The predicted molar refractivity (Wildman–Crippen MR) is 77.3 cm³/mol. The van der Waals surface area contributed by atoms with Crippen molar-refractivity contribution in [1.82, 2.24) is 5.32 Å². The summed E-state index contributed by atoms with van der Waals surface area (Å²) in [6, 6.07) is 5.52. The van der Waals surface area contributed by atoms with Crippen LogP contribution < -0.4 is 5.32 Å². The second kappa shape index (κ2) is 7.28. The monoisotopic (exact) mass is 327 g/mol. The molecule has 0 spiro atoms. The number of rotatable bonds is 6. The maximum atomic E-state index is 12.1. The van der Waals surface area contributed by atoms with E-state index in [0.29, 0.717) is 18.4 Å². The van der Waals surface area contributed by atoms with E-state index in [-0.39, 0.29) is 18.4 Å². The van der Waals surface area contributed by atoms with Crippen molar-refractivity contribution >= 4 is 27.8 Å². The lowest BCUT2D eigenvalue weighted by Gasteiger charge is -2.14. The second-order valence-electron chi connectivity index (χ2n) is 4.62. The van der Waals surface area contributed by atoms with Crippen molar-refractivity contribution in [2.75, 3.05) is 0 Å². The summed E-state index contributed by atoms with van der Waals surface area (Å²) in [6.07, 6.45) is 1.36. The average molecular weight is 328 g/mol. The van der Waals surface area contributed by atoms with Gasteiger partial charge in [-0.25, -0.2) is 0 Å². The molecule has 19 heavy (non-hydrogen) atoms. The summed E-state index contributed by atoms with van der Waals surface area (Å²) in [5, 5.41) is 11.4. The maximum Gasteiger partial charge on any atom is 0.303 e. The average Bonchev–Trinajstić information content (AvgIpc) is 2.31. The van der Waals surface area contributed by atoms with E-state index in [1.807, 2.05) is 26.0 Å². The fourth-order valence-electron chi connectivity index (χ4n) is 1.77. The van der Waals surface area contributed by atoms with Crippen LogP contribution in [0.3, 0.4) is 0 Å². The smallest absolute Gasteiger partial charge is 0.303 e. The van der Waals surface area contributed by atoms with E-state index >= 15 is 0 Å². The number of benzene rings is 1. The van der Waals surface area contributed by atoms with Crippen LogP contribution >= 0.6 is 15.9 Å². The molecule has 1 atom stereocenters. The van der Waals surface area contributed by atoms with E-state index in [1.165, 1.54) is 0 Å². The molecule has 0 radical (unpaired) electrons. The van der Waals surface area contributed by atoms with Crippen molar-refractivity contribution in [2.24, 2.45) is 0 Å². The Hall–Kier alpha value is -1.36. The third-order valence-electron chi connectivity index (χ3n) is 2.85. The van der Waals surface area contributed by atoms with Crippen LogP contribution in [0.25, 0.3) is 0 Å². The number of hydrogen-bond acceptors (Lipinski definition) is 2. The molecule has 4 nitrogen and oxygen atoms in total. The van der Waals surface area contributed by atoms with Crippen molar-refractivity contribution in [3.8, 4) is 0 Å². The summed E-state index contributed by atoms with van der Waals surface area (Å²) >= 11 is 3.34. The lowest BCUT2D eigenvalue weighted by atomic mass is 10.1. The number of halogens is 1. The standard InChI is InChI=1S/C14H18BrNO3/c1-9-6-7-11(15)8-12(9)14(19)16-10(2)4-3-5-13(17)18/h6-8,10H,3-5H2,1-2H3,(H,16,19)(H,17,18). The van der Waals surface area contributed by atoms with E-state index in [4.69, 9.17) is 5.11 Å². The number of nitrogens with one attached hydrogen (secondary N) is 1. The highest BCUT2D eigenvalue weighted by atomic mass is 79.9. The Morgan fingerprint density at radius 3 is 2.74 bits per heavy atom. The number of aryl methyl sites for hydroxylation is 1. The van der Waals surface area contributed by atoms with Crippen LogP contribution in [0.1, 0.15) is 42.1 Å². The highest BCUT2D eigenvalue weighted by Crippen LogP contribution is 2.16. The topological polar surface area (TPSA) is 66.4 Å². The van der Waals surface area contributed by atoms with E-state index in [0.717, 1.165) is 10.0 Å². The molecule has 5 heteroatoms. The quantitative estimate of drug-likeness (QED) is 0.843. The fourth-order valence-corrected chi connectivity index (χ4v) is 2.13. The summed E-state index contributed by atoms with van der Waals surface area (Å²) in [6.45, 7) is 3.77. The predicted octanol–water partition coefficient (Wildman–Crippen LogP) is 3.13. The Morgan fingerprint density at radius 1 is 1.42 bits per heavy atom. The molecule has 0 aliphatic carbocycles.